The van der Waals surface area contributed by atoms with Gasteiger partial charge >= 0.3 is 0 Å². The molecule has 0 bridgehead atoms. The number of nitrogens with zero attached hydrogens (tertiary/aromatic N) is 2. The summed E-state index contributed by atoms with van der Waals surface area (Å²) in [4.78, 5) is 12.3. The molecule has 1 fully saturated rings. The van der Waals surface area contributed by atoms with Crippen LogP contribution < -0.4 is 10.1 Å². The molecule has 1 aliphatic rings. The van der Waals surface area contributed by atoms with Gasteiger partial charge in [0.2, 0.25) is 5.88 Å². The predicted octanol–water partition coefficient (Wildman–Crippen LogP) is 2.35. The Morgan fingerprint density at radius 3 is 2.91 bits per heavy atom. The molecular weight excluding hydrogens is 298 g/mol. The highest BCUT2D eigenvalue weighted by Crippen LogP contribution is 2.25. The Morgan fingerprint density at radius 1 is 1.41 bits per heavy atom. The number of thioether (sulfide) groups is 1. The molecule has 0 aliphatic carbocycles. The molecule has 1 saturated heterocycles. The van der Waals surface area contributed by atoms with Crippen LogP contribution in [0.2, 0.25) is 0 Å². The molecule has 1 atom stereocenters. The second kappa shape index (κ2) is 6.60. The van der Waals surface area contributed by atoms with Gasteiger partial charge in [-0.25, -0.2) is 0 Å². The first-order chi connectivity index (χ1) is 10.6. The van der Waals surface area contributed by atoms with E-state index in [2.05, 4.69) is 10.4 Å². The zero-order valence-electron chi connectivity index (χ0n) is 12.9. The van der Waals surface area contributed by atoms with Crippen molar-refractivity contribution >= 4 is 28.6 Å². The fourth-order valence-corrected chi connectivity index (χ4v) is 3.76. The van der Waals surface area contributed by atoms with Gasteiger partial charge in [-0.15, -0.1) is 5.10 Å². The molecule has 1 aromatic carbocycles. The number of carbonyl (C=O) groups excluding carboxylic acids is 1. The average molecular weight is 319 g/mol. The average Bonchev–Trinajstić information content (AvgIpc) is 2.85. The molecule has 6 heteroatoms. The number of nitrogens with one attached hydrogen (secondary N) is 1. The van der Waals surface area contributed by atoms with E-state index in [0.717, 1.165) is 35.3 Å². The Hall–Kier alpha value is -1.69. The van der Waals surface area contributed by atoms with E-state index in [0.29, 0.717) is 5.88 Å². The first-order valence-electron chi connectivity index (χ1n) is 7.61. The van der Waals surface area contributed by atoms with Crippen LogP contribution in [0.15, 0.2) is 24.3 Å². The molecule has 0 spiro atoms. The van der Waals surface area contributed by atoms with Gasteiger partial charge in [0.15, 0.2) is 6.10 Å². The number of fused-ring (bicyclic) bond motifs is 1. The monoisotopic (exact) mass is 319 g/mol. The number of aryl methyl sites for hydroxylation is 1. The Morgan fingerprint density at radius 2 is 2.14 bits per heavy atom. The van der Waals surface area contributed by atoms with E-state index in [1.54, 1.807) is 11.6 Å². The quantitative estimate of drug-likeness (QED) is 0.940. The first-order valence-corrected chi connectivity index (χ1v) is 8.77. The lowest BCUT2D eigenvalue weighted by molar-refractivity contribution is -0.128. The van der Waals surface area contributed by atoms with Crippen LogP contribution in [0.25, 0.3) is 10.9 Å². The Kier molecular flexibility index (Phi) is 4.57. The molecule has 3 rings (SSSR count). The van der Waals surface area contributed by atoms with E-state index in [4.69, 9.17) is 4.74 Å². The summed E-state index contributed by atoms with van der Waals surface area (Å²) in [5.74, 6) is 2.68. The van der Waals surface area contributed by atoms with Crippen molar-refractivity contribution in [1.82, 2.24) is 15.1 Å². The molecule has 1 aromatic heterocycles. The highest BCUT2D eigenvalue weighted by molar-refractivity contribution is 7.99. The second-order valence-corrected chi connectivity index (χ2v) is 6.83. The number of rotatable bonds is 4. The third kappa shape index (κ3) is 3.21. The number of aromatic nitrogens is 2. The zero-order valence-corrected chi connectivity index (χ0v) is 13.7. The molecule has 22 heavy (non-hydrogen) atoms. The largest absolute Gasteiger partial charge is 0.463 e. The highest BCUT2D eigenvalue weighted by atomic mass is 32.2. The van der Waals surface area contributed by atoms with Crippen LogP contribution in [0, 0.1) is 0 Å². The van der Waals surface area contributed by atoms with E-state index >= 15 is 0 Å². The fourth-order valence-electron chi connectivity index (χ4n) is 2.65. The van der Waals surface area contributed by atoms with Gasteiger partial charge in [0.05, 0.1) is 10.9 Å². The Balaban J connectivity index is 1.67. The maximum atomic E-state index is 12.3. The maximum Gasteiger partial charge on any atom is 0.261 e. The summed E-state index contributed by atoms with van der Waals surface area (Å²) in [6, 6.07) is 8.13. The number of para-hydroxylation sites is 1. The van der Waals surface area contributed by atoms with Gasteiger partial charge in [0.25, 0.3) is 5.91 Å². The van der Waals surface area contributed by atoms with Gasteiger partial charge < -0.3 is 10.1 Å². The van der Waals surface area contributed by atoms with Gasteiger partial charge in [-0.2, -0.15) is 11.8 Å². The highest BCUT2D eigenvalue weighted by Gasteiger charge is 2.22. The van der Waals surface area contributed by atoms with E-state index in [1.807, 2.05) is 43.1 Å². The Bertz CT molecular complexity index is 664. The smallest absolute Gasteiger partial charge is 0.261 e. The summed E-state index contributed by atoms with van der Waals surface area (Å²) >= 11 is 1.95. The van der Waals surface area contributed by atoms with Crippen LogP contribution in [-0.2, 0) is 11.8 Å². The molecule has 0 saturated carbocycles. The molecule has 1 N–H and O–H groups in total. The van der Waals surface area contributed by atoms with Gasteiger partial charge in [-0.3, -0.25) is 9.48 Å². The van der Waals surface area contributed by atoms with Crippen molar-refractivity contribution in [2.45, 2.75) is 31.9 Å². The second-order valence-electron chi connectivity index (χ2n) is 5.60. The lowest BCUT2D eigenvalue weighted by Gasteiger charge is -2.24. The van der Waals surface area contributed by atoms with Crippen molar-refractivity contribution in [2.24, 2.45) is 7.05 Å². The summed E-state index contributed by atoms with van der Waals surface area (Å²) in [6.07, 6.45) is 1.53. The summed E-state index contributed by atoms with van der Waals surface area (Å²) < 4.78 is 7.57. The third-order valence-electron chi connectivity index (χ3n) is 3.95. The minimum Gasteiger partial charge on any atom is -0.463 e. The van der Waals surface area contributed by atoms with Crippen molar-refractivity contribution < 1.29 is 9.53 Å². The molecule has 5 nitrogen and oxygen atoms in total. The molecule has 2 heterocycles. The minimum atomic E-state index is -0.548. The van der Waals surface area contributed by atoms with Crippen molar-refractivity contribution in [3.8, 4) is 5.88 Å². The molecule has 0 radical (unpaired) electrons. The third-order valence-corrected chi connectivity index (χ3v) is 5.00. The van der Waals surface area contributed by atoms with Crippen molar-refractivity contribution in [2.75, 3.05) is 11.5 Å². The standard InChI is InChI=1S/C16H21N3O2S/c1-11(15(20)17-12-7-9-22-10-8-12)21-16-13-5-3-4-6-14(13)19(2)18-16/h3-6,11-12H,7-10H2,1-2H3,(H,17,20)/t11-/m0/s1. The number of carbonyl (C=O) groups is 1. The van der Waals surface area contributed by atoms with E-state index in [1.165, 1.54) is 0 Å². The number of ether oxygens (including phenoxy) is 1. The van der Waals surface area contributed by atoms with Gasteiger partial charge in [0.1, 0.15) is 0 Å². The van der Waals surface area contributed by atoms with Crippen LogP contribution in [0.3, 0.4) is 0 Å². The van der Waals surface area contributed by atoms with Crippen molar-refractivity contribution in [3.63, 3.8) is 0 Å². The molecule has 2 aromatic rings. The van der Waals surface area contributed by atoms with E-state index in [-0.39, 0.29) is 11.9 Å². The molecule has 1 amide bonds. The maximum absolute atomic E-state index is 12.3. The fraction of sp³-hybridized carbons (Fsp3) is 0.500. The summed E-state index contributed by atoms with van der Waals surface area (Å²) in [6.45, 7) is 1.77. The lowest BCUT2D eigenvalue weighted by Crippen LogP contribution is -2.44. The van der Waals surface area contributed by atoms with Crippen LogP contribution in [0.5, 0.6) is 5.88 Å². The normalized spacial score (nSPS) is 17.4. The molecule has 1 aliphatic heterocycles. The molecule has 0 unspecified atom stereocenters. The zero-order chi connectivity index (χ0) is 15.5. The van der Waals surface area contributed by atoms with Crippen LogP contribution in [0.4, 0.5) is 0 Å². The van der Waals surface area contributed by atoms with E-state index in [9.17, 15) is 4.79 Å². The van der Waals surface area contributed by atoms with E-state index < -0.39 is 6.10 Å². The summed E-state index contributed by atoms with van der Waals surface area (Å²) in [7, 11) is 1.87. The van der Waals surface area contributed by atoms with Crippen LogP contribution >= 0.6 is 11.8 Å². The summed E-state index contributed by atoms with van der Waals surface area (Å²) in [5, 5.41) is 8.38. The SMILES string of the molecule is C[C@H](Oc1nn(C)c2ccccc12)C(=O)NC1CCSCC1. The number of amides is 1. The van der Waals surface area contributed by atoms with Crippen molar-refractivity contribution in [1.29, 1.82) is 0 Å². The first kappa shape index (κ1) is 15.2. The number of benzene rings is 1. The predicted molar refractivity (Wildman–Crippen MR) is 89.3 cm³/mol. The minimum absolute atomic E-state index is 0.0633. The number of hydrogen-bond donors (Lipinski definition) is 1. The van der Waals surface area contributed by atoms with Gasteiger partial charge in [0, 0.05) is 13.1 Å². The van der Waals surface area contributed by atoms with Gasteiger partial charge in [-0.05, 0) is 43.4 Å². The van der Waals surface area contributed by atoms with Crippen LogP contribution in [0.1, 0.15) is 19.8 Å². The Labute approximate surface area is 134 Å². The van der Waals surface area contributed by atoms with Gasteiger partial charge in [-0.1, -0.05) is 12.1 Å². The lowest BCUT2D eigenvalue weighted by atomic mass is 10.1. The topological polar surface area (TPSA) is 56.2 Å². The van der Waals surface area contributed by atoms with Crippen molar-refractivity contribution in [3.05, 3.63) is 24.3 Å². The molecular formula is C16H21N3O2S. The molecule has 118 valence electrons. The number of hydrogen-bond acceptors (Lipinski definition) is 4. The van der Waals surface area contributed by atoms with Crippen LogP contribution in [-0.4, -0.2) is 39.3 Å². The summed E-state index contributed by atoms with van der Waals surface area (Å²) in [5.41, 5.74) is 0.995.